The van der Waals surface area contributed by atoms with Crippen LogP contribution in [0.2, 0.25) is 0 Å². The number of benzene rings is 2. The van der Waals surface area contributed by atoms with E-state index in [9.17, 15) is 18.3 Å². The molecule has 3 unspecified atom stereocenters. The third kappa shape index (κ3) is 3.37. The number of carboxylic acid groups (broad SMARTS) is 1. The number of para-hydroxylation sites is 1. The van der Waals surface area contributed by atoms with Gasteiger partial charge < -0.3 is 14.7 Å². The summed E-state index contributed by atoms with van der Waals surface area (Å²) in [6.45, 7) is 7.83. The van der Waals surface area contributed by atoms with Gasteiger partial charge in [-0.1, -0.05) is 69.3 Å². The highest BCUT2D eigenvalue weighted by Gasteiger charge is 2.86. The van der Waals surface area contributed by atoms with Gasteiger partial charge in [-0.05, 0) is 35.3 Å². The molecule has 0 spiro atoms. The van der Waals surface area contributed by atoms with E-state index in [1.54, 1.807) is 49.4 Å². The minimum absolute atomic E-state index is 0.0961. The number of rotatable bonds is 9. The van der Waals surface area contributed by atoms with Crippen molar-refractivity contribution in [2.75, 3.05) is 26.2 Å². The van der Waals surface area contributed by atoms with Crippen molar-refractivity contribution in [1.82, 2.24) is 9.43 Å². The number of carbonyl (C=O) groups is 1. The van der Waals surface area contributed by atoms with Gasteiger partial charge in [-0.15, -0.1) is 4.48 Å². The smallest absolute Gasteiger partial charge is 0.329 e. The minimum Gasteiger partial charge on any atom is -0.493 e. The van der Waals surface area contributed by atoms with E-state index < -0.39 is 37.4 Å². The monoisotopic (exact) mass is 488 g/mol. The largest absolute Gasteiger partial charge is 0.493 e. The van der Waals surface area contributed by atoms with Crippen molar-refractivity contribution < 1.29 is 27.5 Å². The Bertz CT molecular complexity index is 1230. The molecule has 2 aromatic rings. The van der Waals surface area contributed by atoms with E-state index in [1.807, 2.05) is 19.9 Å². The van der Waals surface area contributed by atoms with Crippen LogP contribution in [-0.2, 0) is 20.2 Å². The van der Waals surface area contributed by atoms with Crippen molar-refractivity contribution in [3.8, 4) is 5.75 Å². The molecule has 0 saturated heterocycles. The predicted octanol–water partition coefficient (Wildman–Crippen LogP) is 3.72. The van der Waals surface area contributed by atoms with Crippen molar-refractivity contribution >= 4 is 22.1 Å². The molecule has 1 aliphatic heterocycles. The molecule has 0 amide bonds. The van der Waals surface area contributed by atoms with Gasteiger partial charge in [0, 0.05) is 23.4 Å². The van der Waals surface area contributed by atoms with Gasteiger partial charge in [0.15, 0.2) is 5.54 Å². The van der Waals surface area contributed by atoms with Gasteiger partial charge in [-0.3, -0.25) is 4.79 Å². The Balaban J connectivity index is 1.75. The highest BCUT2D eigenvalue weighted by Crippen LogP contribution is 2.70. The topological polar surface area (TPSA) is 87.2 Å². The molecule has 0 aromatic heterocycles. The molecule has 0 bridgehead atoms. The van der Waals surface area contributed by atoms with Crippen molar-refractivity contribution in [2.45, 2.75) is 36.6 Å². The van der Waals surface area contributed by atoms with Crippen LogP contribution in [0.5, 0.6) is 5.75 Å². The van der Waals surface area contributed by atoms with Gasteiger partial charge in [0.1, 0.15) is 5.75 Å². The Morgan fingerprint density at radius 3 is 2.50 bits per heavy atom. The van der Waals surface area contributed by atoms with E-state index in [1.165, 1.54) is 12.1 Å². The van der Waals surface area contributed by atoms with E-state index in [2.05, 4.69) is 4.90 Å². The molecule has 1 fully saturated rings. The molecule has 9 heteroatoms. The number of halogens is 1. The van der Waals surface area contributed by atoms with Crippen LogP contribution in [0.3, 0.4) is 0 Å². The summed E-state index contributed by atoms with van der Waals surface area (Å²) in [7, 11) is -4.81. The number of hydrogen-bond acceptors (Lipinski definition) is 5. The van der Waals surface area contributed by atoms with Gasteiger partial charge in [-0.2, -0.15) is 0 Å². The average Bonchev–Trinajstić information content (AvgIpc) is 3.42. The van der Waals surface area contributed by atoms with Crippen LogP contribution in [0.1, 0.15) is 31.9 Å². The van der Waals surface area contributed by atoms with Crippen LogP contribution < -0.4 is 4.74 Å². The summed E-state index contributed by atoms with van der Waals surface area (Å²) in [5, 5.41) is 10.2. The van der Waals surface area contributed by atoms with Crippen LogP contribution in [0.15, 0.2) is 59.5 Å². The third-order valence-corrected chi connectivity index (χ3v) is 8.97. The Labute approximate surface area is 199 Å². The van der Waals surface area contributed by atoms with Crippen molar-refractivity contribution in [2.24, 2.45) is 5.92 Å². The highest BCUT2D eigenvalue weighted by molar-refractivity contribution is 7.89. The molecule has 7 nitrogen and oxygen atoms in total. The summed E-state index contributed by atoms with van der Waals surface area (Å²) in [4.78, 5) is 14.4. The Kier molecular flexibility index (Phi) is 6.30. The van der Waals surface area contributed by atoms with Gasteiger partial charge in [0.05, 0.1) is 11.5 Å². The third-order valence-electron chi connectivity index (χ3n) is 7.33. The maximum atomic E-state index is 16.1. The highest BCUT2D eigenvalue weighted by atomic mass is 32.2. The van der Waals surface area contributed by atoms with Gasteiger partial charge in [0.25, 0.3) is 10.0 Å². The Morgan fingerprint density at radius 2 is 1.82 bits per heavy atom. The second-order valence-electron chi connectivity index (χ2n) is 8.78. The Hall–Kier alpha value is -2.75. The van der Waals surface area contributed by atoms with Crippen LogP contribution >= 0.6 is 0 Å². The SMILES string of the molecule is CCN(CC)C/C=C\c1ccccc1S(=O)(=O)N(F)C1(C(=O)O)C2COc3ccccc3C21C. The molecule has 1 N–H and O–H groups in total. The molecule has 182 valence electrons. The molecule has 3 atom stereocenters. The molecule has 2 aromatic carbocycles. The number of aliphatic carboxylic acids is 1. The first-order valence-electron chi connectivity index (χ1n) is 11.3. The molecule has 34 heavy (non-hydrogen) atoms. The summed E-state index contributed by atoms with van der Waals surface area (Å²) in [6, 6.07) is 12.8. The number of hydrogen-bond donors (Lipinski definition) is 1. The van der Waals surface area contributed by atoms with Crippen molar-refractivity contribution in [3.63, 3.8) is 0 Å². The molecular weight excluding hydrogens is 459 g/mol. The van der Waals surface area contributed by atoms with Gasteiger partial charge >= 0.3 is 5.97 Å². The van der Waals surface area contributed by atoms with E-state index in [0.29, 0.717) is 23.4 Å². The normalized spacial score (nSPS) is 25.8. The summed E-state index contributed by atoms with van der Waals surface area (Å²) >= 11 is 0. The van der Waals surface area contributed by atoms with Crippen molar-refractivity contribution in [1.29, 1.82) is 0 Å². The Morgan fingerprint density at radius 1 is 1.18 bits per heavy atom. The quantitative estimate of drug-likeness (QED) is 0.542. The zero-order valence-corrected chi connectivity index (χ0v) is 20.3. The first kappa shape index (κ1) is 24.4. The number of nitrogens with zero attached hydrogens (tertiary/aromatic N) is 2. The fourth-order valence-electron chi connectivity index (χ4n) is 5.26. The molecule has 1 saturated carbocycles. The lowest BCUT2D eigenvalue weighted by Gasteiger charge is -2.26. The number of ether oxygens (including phenoxy) is 1. The maximum absolute atomic E-state index is 16.1. The van der Waals surface area contributed by atoms with Crippen LogP contribution in [0, 0.1) is 5.92 Å². The second-order valence-corrected chi connectivity index (χ2v) is 10.5. The lowest BCUT2D eigenvalue weighted by molar-refractivity contribution is -0.149. The molecule has 1 aliphatic carbocycles. The summed E-state index contributed by atoms with van der Waals surface area (Å²) < 4.78 is 48.5. The number of carboxylic acids is 1. The van der Waals surface area contributed by atoms with E-state index in [4.69, 9.17) is 4.74 Å². The standard InChI is InChI=1S/C25H29FN2O5S/c1-4-27(5-2)16-10-12-18-11-6-9-15-21(18)34(31,32)28(26)25(23(29)30)22-17-33-20-14-8-7-13-19(20)24(22,25)3/h6-15,22H,4-5,16-17H2,1-3H3,(H,29,30)/b12-10-. The molecule has 1 heterocycles. The van der Waals surface area contributed by atoms with Gasteiger partial charge in [0.2, 0.25) is 0 Å². The fourth-order valence-corrected chi connectivity index (χ4v) is 6.89. The zero-order chi connectivity index (χ0) is 24.7. The van der Waals surface area contributed by atoms with E-state index in [-0.39, 0.29) is 11.5 Å². The molecular formula is C25H29FN2O5S. The van der Waals surface area contributed by atoms with E-state index in [0.717, 1.165) is 13.1 Å². The fraction of sp³-hybridized carbons (Fsp3) is 0.400. The summed E-state index contributed by atoms with van der Waals surface area (Å²) in [5.74, 6) is -1.98. The van der Waals surface area contributed by atoms with Crippen LogP contribution in [0.4, 0.5) is 4.48 Å². The number of likely N-dealkylation sites (N-methyl/N-ethyl adjacent to an activating group) is 1. The summed E-state index contributed by atoms with van der Waals surface area (Å²) in [5.41, 5.74) is -2.80. The van der Waals surface area contributed by atoms with Crippen LogP contribution in [0.25, 0.3) is 6.08 Å². The maximum Gasteiger partial charge on any atom is 0.329 e. The second kappa shape index (κ2) is 8.79. The lowest BCUT2D eigenvalue weighted by Crippen LogP contribution is -2.47. The van der Waals surface area contributed by atoms with Crippen LogP contribution in [-0.4, -0.2) is 60.7 Å². The van der Waals surface area contributed by atoms with Gasteiger partial charge in [-0.25, -0.2) is 8.42 Å². The molecule has 2 aliphatic rings. The lowest BCUT2D eigenvalue weighted by atomic mass is 9.90. The average molecular weight is 489 g/mol. The molecule has 0 radical (unpaired) electrons. The zero-order valence-electron chi connectivity index (χ0n) is 19.4. The first-order valence-corrected chi connectivity index (χ1v) is 12.8. The summed E-state index contributed by atoms with van der Waals surface area (Å²) in [6.07, 6.45) is 3.45. The minimum atomic E-state index is -4.81. The molecule has 4 rings (SSSR count). The van der Waals surface area contributed by atoms with Crippen molar-refractivity contribution in [3.05, 3.63) is 65.7 Å². The predicted molar refractivity (Wildman–Crippen MR) is 127 cm³/mol. The number of fused-ring (bicyclic) bond motifs is 3. The number of sulfonamides is 1. The van der Waals surface area contributed by atoms with E-state index >= 15 is 4.48 Å². The first-order chi connectivity index (χ1) is 16.2.